The Kier molecular flexibility index (Phi) is 5.16. The fourth-order valence-corrected chi connectivity index (χ4v) is 2.53. The zero-order valence-corrected chi connectivity index (χ0v) is 14.2. The first-order valence-electron chi connectivity index (χ1n) is 8.12. The van der Waals surface area contributed by atoms with Crippen LogP contribution in [0.5, 0.6) is 0 Å². The number of carbonyl (C=O) groups excluding carboxylic acids is 1. The van der Waals surface area contributed by atoms with Gasteiger partial charge in [0.2, 0.25) is 5.95 Å². The van der Waals surface area contributed by atoms with E-state index in [1.807, 2.05) is 6.92 Å². The van der Waals surface area contributed by atoms with Crippen molar-refractivity contribution in [2.75, 3.05) is 11.9 Å². The monoisotopic (exact) mass is 355 g/mol. The van der Waals surface area contributed by atoms with Gasteiger partial charge in [0.15, 0.2) is 0 Å². The normalized spacial score (nSPS) is 10.7. The summed E-state index contributed by atoms with van der Waals surface area (Å²) >= 11 is 0. The molecule has 0 saturated heterocycles. The number of amides is 1. The van der Waals surface area contributed by atoms with E-state index in [1.165, 1.54) is 12.1 Å². The van der Waals surface area contributed by atoms with E-state index in [0.717, 1.165) is 11.3 Å². The summed E-state index contributed by atoms with van der Waals surface area (Å²) in [5.41, 5.74) is 7.23. The molecular formula is C17H18FN7O. The van der Waals surface area contributed by atoms with Crippen LogP contribution in [0.4, 0.5) is 10.3 Å². The van der Waals surface area contributed by atoms with Gasteiger partial charge >= 0.3 is 0 Å². The second-order valence-corrected chi connectivity index (χ2v) is 5.56. The molecule has 0 atom stereocenters. The highest BCUT2D eigenvalue weighted by molar-refractivity contribution is 5.94. The van der Waals surface area contributed by atoms with Crippen LogP contribution in [0.25, 0.3) is 11.1 Å². The van der Waals surface area contributed by atoms with Crippen molar-refractivity contribution in [3.63, 3.8) is 0 Å². The molecule has 3 N–H and O–H groups in total. The molecule has 0 aliphatic rings. The lowest BCUT2D eigenvalue weighted by molar-refractivity contribution is 0.0996. The zero-order valence-electron chi connectivity index (χ0n) is 14.2. The largest absolute Gasteiger partial charge is 0.366 e. The maximum atomic E-state index is 13.7. The van der Waals surface area contributed by atoms with E-state index in [-0.39, 0.29) is 5.56 Å². The minimum absolute atomic E-state index is 0.153. The molecule has 0 saturated carbocycles. The van der Waals surface area contributed by atoms with Gasteiger partial charge in [-0.3, -0.25) is 9.48 Å². The average Bonchev–Trinajstić information content (AvgIpc) is 3.15. The van der Waals surface area contributed by atoms with E-state index in [9.17, 15) is 9.18 Å². The van der Waals surface area contributed by atoms with Crippen LogP contribution >= 0.6 is 0 Å². The summed E-state index contributed by atoms with van der Waals surface area (Å²) in [5, 5.41) is 10.8. The number of benzene rings is 1. The van der Waals surface area contributed by atoms with Crippen molar-refractivity contribution in [3.05, 3.63) is 53.9 Å². The highest BCUT2D eigenvalue weighted by Gasteiger charge is 2.13. The van der Waals surface area contributed by atoms with Gasteiger partial charge in [-0.15, -0.1) is 5.10 Å². The topological polar surface area (TPSA) is 112 Å². The molecule has 2 heterocycles. The Morgan fingerprint density at radius 1 is 1.38 bits per heavy atom. The van der Waals surface area contributed by atoms with Crippen LogP contribution < -0.4 is 11.1 Å². The smallest absolute Gasteiger partial charge is 0.251 e. The van der Waals surface area contributed by atoms with E-state index in [0.29, 0.717) is 31.0 Å². The first kappa shape index (κ1) is 17.5. The van der Waals surface area contributed by atoms with E-state index < -0.39 is 11.7 Å². The quantitative estimate of drug-likeness (QED) is 0.666. The lowest BCUT2D eigenvalue weighted by Crippen LogP contribution is -2.14. The Morgan fingerprint density at radius 3 is 2.92 bits per heavy atom. The highest BCUT2D eigenvalue weighted by Crippen LogP contribution is 2.25. The molecule has 3 rings (SSSR count). The van der Waals surface area contributed by atoms with Gasteiger partial charge in [-0.1, -0.05) is 18.2 Å². The third-order valence-electron chi connectivity index (χ3n) is 3.84. The molecule has 3 aromatic rings. The Morgan fingerprint density at radius 2 is 2.23 bits per heavy atom. The van der Waals surface area contributed by atoms with Crippen molar-refractivity contribution in [1.82, 2.24) is 25.0 Å². The van der Waals surface area contributed by atoms with Crippen molar-refractivity contribution in [2.45, 2.75) is 19.9 Å². The van der Waals surface area contributed by atoms with Gasteiger partial charge in [-0.25, -0.2) is 14.4 Å². The minimum atomic E-state index is -0.810. The molecule has 0 aliphatic carbocycles. The van der Waals surface area contributed by atoms with Crippen LogP contribution in [0.2, 0.25) is 0 Å². The predicted octanol–water partition coefficient (Wildman–Crippen LogP) is 1.65. The summed E-state index contributed by atoms with van der Waals surface area (Å²) in [6, 6.07) is 4.23. The van der Waals surface area contributed by atoms with Crippen molar-refractivity contribution < 1.29 is 9.18 Å². The first-order chi connectivity index (χ1) is 12.6. The van der Waals surface area contributed by atoms with E-state index >= 15 is 0 Å². The number of aryl methyl sites for hydroxylation is 1. The minimum Gasteiger partial charge on any atom is -0.366 e. The van der Waals surface area contributed by atoms with E-state index in [2.05, 4.69) is 25.6 Å². The second kappa shape index (κ2) is 7.68. The number of carbonyl (C=O) groups is 1. The van der Waals surface area contributed by atoms with Crippen LogP contribution in [-0.2, 0) is 13.0 Å². The van der Waals surface area contributed by atoms with Crippen LogP contribution in [0.1, 0.15) is 23.0 Å². The molecule has 0 radical (unpaired) electrons. The molecule has 2 aromatic heterocycles. The van der Waals surface area contributed by atoms with E-state index in [4.69, 9.17) is 5.73 Å². The van der Waals surface area contributed by atoms with Gasteiger partial charge in [0.25, 0.3) is 5.91 Å². The molecule has 134 valence electrons. The van der Waals surface area contributed by atoms with Gasteiger partial charge < -0.3 is 11.1 Å². The number of anilines is 1. The third-order valence-corrected chi connectivity index (χ3v) is 3.84. The molecular weight excluding hydrogens is 337 g/mol. The fourth-order valence-electron chi connectivity index (χ4n) is 2.53. The maximum absolute atomic E-state index is 13.7. The zero-order chi connectivity index (χ0) is 18.5. The highest BCUT2D eigenvalue weighted by atomic mass is 19.1. The SMILES string of the molecule is CCc1nc(NCCn2ccnn2)ncc1-c1ccc(F)c(C(N)=O)c1. The summed E-state index contributed by atoms with van der Waals surface area (Å²) in [5.74, 6) is -0.968. The molecule has 0 aliphatic heterocycles. The van der Waals surface area contributed by atoms with Crippen molar-refractivity contribution >= 4 is 11.9 Å². The number of aromatic nitrogens is 5. The molecule has 1 aromatic carbocycles. The van der Waals surface area contributed by atoms with E-state index in [1.54, 1.807) is 29.3 Å². The summed E-state index contributed by atoms with van der Waals surface area (Å²) in [6.07, 6.45) is 5.69. The number of rotatable bonds is 7. The van der Waals surface area contributed by atoms with Gasteiger partial charge in [0.1, 0.15) is 5.82 Å². The Labute approximate surface area is 149 Å². The summed E-state index contributed by atoms with van der Waals surface area (Å²) in [4.78, 5) is 20.2. The third kappa shape index (κ3) is 3.82. The molecule has 8 nitrogen and oxygen atoms in total. The standard InChI is InChI=1S/C17H18FN7O/c1-2-15-13(11-3-4-14(18)12(9-11)16(19)26)10-21-17(23-15)20-5-7-25-8-6-22-24-25/h3-4,6,8-10H,2,5,7H2,1H3,(H2,19,26)(H,20,21,23). The van der Waals surface area contributed by atoms with Crippen molar-refractivity contribution in [2.24, 2.45) is 5.73 Å². The van der Waals surface area contributed by atoms with Gasteiger partial charge in [0.05, 0.1) is 24.0 Å². The number of nitrogens with two attached hydrogens (primary N) is 1. The van der Waals surface area contributed by atoms with Gasteiger partial charge in [0, 0.05) is 24.5 Å². The molecule has 9 heteroatoms. The van der Waals surface area contributed by atoms with Crippen LogP contribution in [0, 0.1) is 5.82 Å². The van der Waals surface area contributed by atoms with Gasteiger partial charge in [-0.2, -0.15) is 0 Å². The van der Waals surface area contributed by atoms with Crippen LogP contribution in [0.15, 0.2) is 36.8 Å². The molecule has 1 amide bonds. The summed E-state index contributed by atoms with van der Waals surface area (Å²) in [7, 11) is 0. The van der Waals surface area contributed by atoms with Crippen molar-refractivity contribution in [3.8, 4) is 11.1 Å². The summed E-state index contributed by atoms with van der Waals surface area (Å²) in [6.45, 7) is 3.18. The first-order valence-corrected chi connectivity index (χ1v) is 8.12. The molecule has 0 spiro atoms. The number of nitrogens with one attached hydrogen (secondary N) is 1. The Balaban J connectivity index is 1.80. The fraction of sp³-hybridized carbons (Fsp3) is 0.235. The molecule has 0 bridgehead atoms. The number of halogens is 1. The van der Waals surface area contributed by atoms with Gasteiger partial charge in [-0.05, 0) is 24.1 Å². The number of hydrogen-bond acceptors (Lipinski definition) is 6. The molecule has 26 heavy (non-hydrogen) atoms. The number of hydrogen-bond donors (Lipinski definition) is 2. The molecule has 0 unspecified atom stereocenters. The number of primary amides is 1. The average molecular weight is 355 g/mol. The lowest BCUT2D eigenvalue weighted by atomic mass is 10.0. The number of nitrogens with zero attached hydrogens (tertiary/aromatic N) is 5. The summed E-state index contributed by atoms with van der Waals surface area (Å²) < 4.78 is 15.4. The van der Waals surface area contributed by atoms with Crippen molar-refractivity contribution in [1.29, 1.82) is 0 Å². The predicted molar refractivity (Wildman–Crippen MR) is 93.8 cm³/mol. The molecule has 0 fully saturated rings. The van der Waals surface area contributed by atoms with Crippen LogP contribution in [-0.4, -0.2) is 37.4 Å². The second-order valence-electron chi connectivity index (χ2n) is 5.56. The maximum Gasteiger partial charge on any atom is 0.251 e. The Hall–Kier alpha value is -3.36. The van der Waals surface area contributed by atoms with Crippen LogP contribution in [0.3, 0.4) is 0 Å². The lowest BCUT2D eigenvalue weighted by Gasteiger charge is -2.11. The Bertz CT molecular complexity index is 911.